The summed E-state index contributed by atoms with van der Waals surface area (Å²) < 4.78 is 21.0. The molecule has 0 fully saturated rings. The molecule has 7 heteroatoms. The van der Waals surface area contributed by atoms with E-state index in [1.807, 2.05) is 0 Å². The second-order valence-electron chi connectivity index (χ2n) is 6.45. The fraction of sp³-hybridized carbons (Fsp3) is 0.400. The zero-order valence-corrected chi connectivity index (χ0v) is 14.8. The molecule has 2 rings (SSSR count). The summed E-state index contributed by atoms with van der Waals surface area (Å²) in [7, 11) is -1.09. The minimum Gasteiger partial charge on any atom is -0.396 e. The van der Waals surface area contributed by atoms with Crippen LogP contribution in [0.3, 0.4) is 0 Å². The minimum absolute atomic E-state index is 0.0131. The van der Waals surface area contributed by atoms with Crippen LogP contribution >= 0.6 is 11.6 Å². The van der Waals surface area contributed by atoms with Gasteiger partial charge in [-0.25, -0.2) is 9.07 Å². The predicted molar refractivity (Wildman–Crippen MR) is 91.1 cm³/mol. The molecule has 0 atom stereocenters. The number of anilines is 1. The second-order valence-corrected chi connectivity index (χ2v) is 12.4. The lowest BCUT2D eigenvalue weighted by Crippen LogP contribution is -2.22. The summed E-state index contributed by atoms with van der Waals surface area (Å²) in [5.41, 5.74) is 6.83. The van der Waals surface area contributed by atoms with E-state index in [0.29, 0.717) is 12.3 Å². The third kappa shape index (κ3) is 4.31. The van der Waals surface area contributed by atoms with Gasteiger partial charge in [0.25, 0.3) is 0 Å². The Labute approximate surface area is 136 Å². The van der Waals surface area contributed by atoms with Crippen LogP contribution in [-0.4, -0.2) is 24.5 Å². The maximum Gasteiger partial charge on any atom is 0.165 e. The summed E-state index contributed by atoms with van der Waals surface area (Å²) >= 11 is 6.00. The summed E-state index contributed by atoms with van der Waals surface area (Å²) in [5.74, 6) is -0.599. The largest absolute Gasteiger partial charge is 0.396 e. The highest BCUT2D eigenvalue weighted by Gasteiger charge is 2.14. The molecule has 0 saturated carbocycles. The number of rotatable bonds is 6. The standard InChI is InChI=1S/C15H21ClFN3OSi/c1-22(2,3)7-6-21-10-20-9-11(8-19-20)12-4-5-13(18)15(17)14(12)16/h4-5,8-9H,6-7,10,18H2,1-3H3. The van der Waals surface area contributed by atoms with E-state index in [4.69, 9.17) is 22.1 Å². The van der Waals surface area contributed by atoms with Crippen molar-refractivity contribution >= 4 is 25.4 Å². The van der Waals surface area contributed by atoms with Crippen molar-refractivity contribution < 1.29 is 9.13 Å². The highest BCUT2D eigenvalue weighted by molar-refractivity contribution is 6.76. The average Bonchev–Trinajstić information content (AvgIpc) is 2.89. The van der Waals surface area contributed by atoms with Crippen LogP contribution in [0.1, 0.15) is 0 Å². The molecule has 2 N–H and O–H groups in total. The summed E-state index contributed by atoms with van der Waals surface area (Å²) in [5, 5.41) is 4.22. The van der Waals surface area contributed by atoms with E-state index < -0.39 is 13.9 Å². The second kappa shape index (κ2) is 6.81. The van der Waals surface area contributed by atoms with Crippen molar-refractivity contribution in [3.05, 3.63) is 35.4 Å². The predicted octanol–water partition coefficient (Wildman–Crippen LogP) is 4.24. The van der Waals surface area contributed by atoms with Crippen molar-refractivity contribution in [1.82, 2.24) is 9.78 Å². The maximum atomic E-state index is 13.7. The van der Waals surface area contributed by atoms with E-state index in [-0.39, 0.29) is 10.7 Å². The molecule has 22 heavy (non-hydrogen) atoms. The van der Waals surface area contributed by atoms with Crippen LogP contribution in [0.5, 0.6) is 0 Å². The molecule has 1 aromatic heterocycles. The Morgan fingerprint density at radius 1 is 1.36 bits per heavy atom. The number of hydrogen-bond donors (Lipinski definition) is 1. The van der Waals surface area contributed by atoms with Crippen molar-refractivity contribution in [2.75, 3.05) is 12.3 Å². The topological polar surface area (TPSA) is 53.1 Å². The van der Waals surface area contributed by atoms with Crippen molar-refractivity contribution in [2.24, 2.45) is 0 Å². The Morgan fingerprint density at radius 2 is 2.09 bits per heavy atom. The number of ether oxygens (including phenoxy) is 1. The third-order valence-electron chi connectivity index (χ3n) is 3.28. The van der Waals surface area contributed by atoms with Gasteiger partial charge in [0.2, 0.25) is 0 Å². The monoisotopic (exact) mass is 341 g/mol. The van der Waals surface area contributed by atoms with Crippen LogP contribution in [0.25, 0.3) is 11.1 Å². The molecule has 1 heterocycles. The van der Waals surface area contributed by atoms with E-state index in [1.165, 1.54) is 6.07 Å². The Kier molecular flexibility index (Phi) is 5.26. The normalized spacial score (nSPS) is 11.9. The van der Waals surface area contributed by atoms with Crippen LogP contribution in [0.2, 0.25) is 30.7 Å². The number of nitrogen functional groups attached to an aromatic ring is 1. The van der Waals surface area contributed by atoms with Gasteiger partial charge in [0.15, 0.2) is 5.82 Å². The lowest BCUT2D eigenvalue weighted by Gasteiger charge is -2.15. The first-order chi connectivity index (χ1) is 10.3. The molecule has 0 amide bonds. The maximum absolute atomic E-state index is 13.7. The lowest BCUT2D eigenvalue weighted by molar-refractivity contribution is 0.0786. The SMILES string of the molecule is C[Si](C)(C)CCOCn1cc(-c2ccc(N)c(F)c2Cl)cn1. The molecule has 0 spiro atoms. The van der Waals surface area contributed by atoms with Gasteiger partial charge < -0.3 is 10.5 Å². The van der Waals surface area contributed by atoms with Gasteiger partial charge in [-0.15, -0.1) is 0 Å². The molecule has 0 unspecified atom stereocenters. The Bertz CT molecular complexity index is 655. The van der Waals surface area contributed by atoms with Gasteiger partial charge in [-0.3, -0.25) is 0 Å². The van der Waals surface area contributed by atoms with Gasteiger partial charge in [0.05, 0.1) is 16.9 Å². The van der Waals surface area contributed by atoms with Crippen LogP contribution < -0.4 is 5.73 Å². The molecule has 2 aromatic rings. The van der Waals surface area contributed by atoms with Crippen LogP contribution in [-0.2, 0) is 11.5 Å². The highest BCUT2D eigenvalue weighted by Crippen LogP contribution is 2.32. The zero-order chi connectivity index (χ0) is 16.3. The average molecular weight is 342 g/mol. The summed E-state index contributed by atoms with van der Waals surface area (Å²) in [6.07, 6.45) is 3.42. The minimum atomic E-state index is -1.09. The van der Waals surface area contributed by atoms with Gasteiger partial charge in [-0.2, -0.15) is 5.10 Å². The van der Waals surface area contributed by atoms with Crippen LogP contribution in [0.15, 0.2) is 24.5 Å². The summed E-state index contributed by atoms with van der Waals surface area (Å²) in [4.78, 5) is 0. The molecule has 0 saturated heterocycles. The molecule has 0 aliphatic rings. The number of nitrogens with two attached hydrogens (primary N) is 1. The lowest BCUT2D eigenvalue weighted by atomic mass is 10.1. The van der Waals surface area contributed by atoms with Gasteiger partial charge in [0, 0.05) is 32.0 Å². The van der Waals surface area contributed by atoms with E-state index in [2.05, 4.69) is 24.7 Å². The number of halogens is 2. The fourth-order valence-electron chi connectivity index (χ4n) is 1.90. The molecule has 120 valence electrons. The summed E-state index contributed by atoms with van der Waals surface area (Å²) in [6, 6.07) is 4.29. The van der Waals surface area contributed by atoms with Crippen molar-refractivity contribution in [3.63, 3.8) is 0 Å². The smallest absolute Gasteiger partial charge is 0.165 e. The molecule has 0 aliphatic carbocycles. The van der Waals surface area contributed by atoms with E-state index >= 15 is 0 Å². The molecule has 4 nitrogen and oxygen atoms in total. The number of hydrogen-bond acceptors (Lipinski definition) is 3. The Morgan fingerprint density at radius 3 is 2.77 bits per heavy atom. The van der Waals surface area contributed by atoms with Crippen molar-refractivity contribution in [1.29, 1.82) is 0 Å². The van der Waals surface area contributed by atoms with E-state index in [0.717, 1.165) is 18.2 Å². The van der Waals surface area contributed by atoms with E-state index in [9.17, 15) is 4.39 Å². The number of benzene rings is 1. The number of aromatic nitrogens is 2. The van der Waals surface area contributed by atoms with E-state index in [1.54, 1.807) is 23.1 Å². The van der Waals surface area contributed by atoms with Gasteiger partial charge in [-0.1, -0.05) is 37.3 Å². The summed E-state index contributed by atoms with van der Waals surface area (Å²) in [6.45, 7) is 8.02. The molecular weight excluding hydrogens is 321 g/mol. The molecule has 0 aliphatic heterocycles. The van der Waals surface area contributed by atoms with Crippen molar-refractivity contribution in [2.45, 2.75) is 32.4 Å². The molecule has 0 bridgehead atoms. The highest BCUT2D eigenvalue weighted by atomic mass is 35.5. The Hall–Kier alpha value is -1.37. The zero-order valence-electron chi connectivity index (χ0n) is 13.1. The van der Waals surface area contributed by atoms with Gasteiger partial charge in [0.1, 0.15) is 6.73 Å². The van der Waals surface area contributed by atoms with Crippen LogP contribution in [0, 0.1) is 5.82 Å². The Balaban J connectivity index is 2.02. The first kappa shape index (κ1) is 17.0. The van der Waals surface area contributed by atoms with Gasteiger partial charge in [-0.05, 0) is 12.1 Å². The first-order valence-electron chi connectivity index (χ1n) is 7.12. The molecule has 0 radical (unpaired) electrons. The number of nitrogens with zero attached hydrogens (tertiary/aromatic N) is 2. The molecular formula is C15H21ClFN3OSi. The third-order valence-corrected chi connectivity index (χ3v) is 5.35. The van der Waals surface area contributed by atoms with Crippen molar-refractivity contribution in [3.8, 4) is 11.1 Å². The quantitative estimate of drug-likeness (QED) is 0.486. The fourth-order valence-corrected chi connectivity index (χ4v) is 2.93. The molecule has 1 aromatic carbocycles. The first-order valence-corrected chi connectivity index (χ1v) is 11.2. The van der Waals surface area contributed by atoms with Crippen LogP contribution in [0.4, 0.5) is 10.1 Å². The van der Waals surface area contributed by atoms with Gasteiger partial charge >= 0.3 is 0 Å².